The average Bonchev–Trinajstić information content (AvgIpc) is 2.48. The molecule has 0 bridgehead atoms. The number of rotatable bonds is 5. The van der Waals surface area contributed by atoms with Crippen molar-refractivity contribution in [3.05, 3.63) is 58.5 Å². The number of pyridine rings is 1. The second-order valence-corrected chi connectivity index (χ2v) is 4.41. The molecule has 5 heteroatoms. The molecule has 2 rings (SSSR count). The maximum absolute atomic E-state index is 11.7. The second kappa shape index (κ2) is 6.25. The molecule has 2 N–H and O–H groups in total. The number of ether oxygens (including phenoxy) is 2. The van der Waals surface area contributed by atoms with Crippen molar-refractivity contribution in [3.63, 3.8) is 0 Å². The van der Waals surface area contributed by atoms with Gasteiger partial charge in [0.15, 0.2) is 0 Å². The molecule has 0 aliphatic carbocycles. The van der Waals surface area contributed by atoms with Gasteiger partial charge in [-0.3, -0.25) is 4.79 Å². The molecule has 0 amide bonds. The predicted molar refractivity (Wildman–Crippen MR) is 77.2 cm³/mol. The van der Waals surface area contributed by atoms with Crippen LogP contribution in [-0.2, 0) is 6.54 Å². The minimum Gasteiger partial charge on any atom is -0.497 e. The van der Waals surface area contributed by atoms with E-state index in [0.717, 1.165) is 5.56 Å². The molecule has 0 saturated heterocycles. The number of aromatic nitrogens is 1. The fraction of sp³-hybridized carbons (Fsp3) is 0.267. The zero-order valence-corrected chi connectivity index (χ0v) is 11.6. The standard InChI is InChI=1S/C15H18N2O3/c1-19-11-6-7-12(14(9-11)20-2)13(16)10-17-8-4-3-5-15(17)18/h3-9,13H,10,16H2,1-2H3. The summed E-state index contributed by atoms with van der Waals surface area (Å²) in [6.07, 6.45) is 1.72. The van der Waals surface area contributed by atoms with Gasteiger partial charge in [0, 0.05) is 30.4 Å². The quantitative estimate of drug-likeness (QED) is 0.898. The third-order valence-electron chi connectivity index (χ3n) is 3.13. The summed E-state index contributed by atoms with van der Waals surface area (Å²) < 4.78 is 12.1. The predicted octanol–water partition coefficient (Wildman–Crippen LogP) is 1.57. The third-order valence-corrected chi connectivity index (χ3v) is 3.13. The lowest BCUT2D eigenvalue weighted by atomic mass is 10.1. The highest BCUT2D eigenvalue weighted by atomic mass is 16.5. The molecular weight excluding hydrogens is 256 g/mol. The van der Waals surface area contributed by atoms with Crippen molar-refractivity contribution in [3.8, 4) is 11.5 Å². The smallest absolute Gasteiger partial charge is 0.250 e. The fourth-order valence-corrected chi connectivity index (χ4v) is 2.05. The van der Waals surface area contributed by atoms with Gasteiger partial charge in [0.2, 0.25) is 0 Å². The van der Waals surface area contributed by atoms with Crippen LogP contribution < -0.4 is 20.8 Å². The van der Waals surface area contributed by atoms with E-state index in [1.165, 1.54) is 6.07 Å². The van der Waals surface area contributed by atoms with Crippen molar-refractivity contribution >= 4 is 0 Å². The molecule has 0 fully saturated rings. The van der Waals surface area contributed by atoms with E-state index in [0.29, 0.717) is 18.0 Å². The molecule has 0 saturated carbocycles. The van der Waals surface area contributed by atoms with Crippen LogP contribution in [0.2, 0.25) is 0 Å². The summed E-state index contributed by atoms with van der Waals surface area (Å²) >= 11 is 0. The summed E-state index contributed by atoms with van der Waals surface area (Å²) in [7, 11) is 3.18. The van der Waals surface area contributed by atoms with Crippen molar-refractivity contribution in [2.75, 3.05) is 14.2 Å². The summed E-state index contributed by atoms with van der Waals surface area (Å²) in [5, 5.41) is 0. The minimum atomic E-state index is -0.337. The first kappa shape index (κ1) is 14.1. The van der Waals surface area contributed by atoms with Crippen molar-refractivity contribution in [1.29, 1.82) is 0 Å². The van der Waals surface area contributed by atoms with Gasteiger partial charge in [-0.2, -0.15) is 0 Å². The van der Waals surface area contributed by atoms with Crippen LogP contribution >= 0.6 is 0 Å². The molecule has 5 nitrogen and oxygen atoms in total. The molecule has 0 aliphatic rings. The number of methoxy groups -OCH3 is 2. The molecule has 1 unspecified atom stereocenters. The number of benzene rings is 1. The molecule has 0 spiro atoms. The lowest BCUT2D eigenvalue weighted by Crippen LogP contribution is -2.25. The van der Waals surface area contributed by atoms with Crippen LogP contribution in [-0.4, -0.2) is 18.8 Å². The fourth-order valence-electron chi connectivity index (χ4n) is 2.05. The van der Waals surface area contributed by atoms with E-state index >= 15 is 0 Å². The lowest BCUT2D eigenvalue weighted by molar-refractivity contribution is 0.386. The van der Waals surface area contributed by atoms with Crippen LogP contribution in [0.5, 0.6) is 11.5 Å². The van der Waals surface area contributed by atoms with Crippen LogP contribution in [0.4, 0.5) is 0 Å². The van der Waals surface area contributed by atoms with Crippen LogP contribution in [0.3, 0.4) is 0 Å². The van der Waals surface area contributed by atoms with Crippen molar-refractivity contribution < 1.29 is 9.47 Å². The maximum atomic E-state index is 11.7. The summed E-state index contributed by atoms with van der Waals surface area (Å²) in [6.45, 7) is 0.391. The van der Waals surface area contributed by atoms with E-state index < -0.39 is 0 Å². The SMILES string of the molecule is COc1ccc(C(N)Cn2ccccc2=O)c(OC)c1. The highest BCUT2D eigenvalue weighted by molar-refractivity contribution is 5.42. The van der Waals surface area contributed by atoms with Crippen molar-refractivity contribution in [2.24, 2.45) is 5.73 Å². The van der Waals surface area contributed by atoms with E-state index in [1.807, 2.05) is 12.1 Å². The Bertz CT molecular complexity index is 637. The van der Waals surface area contributed by atoms with Gasteiger partial charge < -0.3 is 19.8 Å². The summed E-state index contributed by atoms with van der Waals surface area (Å²) in [5.41, 5.74) is 6.95. The molecule has 1 aromatic carbocycles. The summed E-state index contributed by atoms with van der Waals surface area (Å²) in [6, 6.07) is 10.1. The highest BCUT2D eigenvalue weighted by Crippen LogP contribution is 2.28. The van der Waals surface area contributed by atoms with Crippen LogP contribution in [0.1, 0.15) is 11.6 Å². The van der Waals surface area contributed by atoms with Crippen LogP contribution in [0.25, 0.3) is 0 Å². The Balaban J connectivity index is 2.27. The Morgan fingerprint density at radius 3 is 2.65 bits per heavy atom. The van der Waals surface area contributed by atoms with Gasteiger partial charge in [0.05, 0.1) is 20.3 Å². The van der Waals surface area contributed by atoms with Gasteiger partial charge in [-0.1, -0.05) is 12.1 Å². The maximum Gasteiger partial charge on any atom is 0.250 e. The van der Waals surface area contributed by atoms with Gasteiger partial charge in [-0.25, -0.2) is 0 Å². The van der Waals surface area contributed by atoms with Gasteiger partial charge in [-0.15, -0.1) is 0 Å². The molecule has 1 atom stereocenters. The Morgan fingerprint density at radius 1 is 1.20 bits per heavy atom. The molecule has 20 heavy (non-hydrogen) atoms. The van der Waals surface area contributed by atoms with E-state index in [-0.39, 0.29) is 11.6 Å². The first-order chi connectivity index (χ1) is 9.65. The van der Waals surface area contributed by atoms with E-state index in [4.69, 9.17) is 15.2 Å². The Morgan fingerprint density at radius 2 is 2.00 bits per heavy atom. The molecule has 2 aromatic rings. The highest BCUT2D eigenvalue weighted by Gasteiger charge is 2.14. The number of nitrogens with two attached hydrogens (primary N) is 1. The molecule has 0 radical (unpaired) electrons. The van der Waals surface area contributed by atoms with Gasteiger partial charge >= 0.3 is 0 Å². The summed E-state index contributed by atoms with van der Waals surface area (Å²) in [4.78, 5) is 11.7. The zero-order chi connectivity index (χ0) is 14.5. The second-order valence-electron chi connectivity index (χ2n) is 4.41. The van der Waals surface area contributed by atoms with Gasteiger partial charge in [0.25, 0.3) is 5.56 Å². The van der Waals surface area contributed by atoms with Crippen molar-refractivity contribution in [1.82, 2.24) is 4.57 Å². The summed E-state index contributed by atoms with van der Waals surface area (Å²) in [5.74, 6) is 1.36. The minimum absolute atomic E-state index is 0.0737. The molecular formula is C15H18N2O3. The first-order valence-electron chi connectivity index (χ1n) is 6.28. The first-order valence-corrected chi connectivity index (χ1v) is 6.28. The number of hydrogen-bond acceptors (Lipinski definition) is 4. The molecule has 1 heterocycles. The monoisotopic (exact) mass is 274 g/mol. The number of nitrogens with zero attached hydrogens (tertiary/aromatic N) is 1. The largest absolute Gasteiger partial charge is 0.497 e. The average molecular weight is 274 g/mol. The zero-order valence-electron chi connectivity index (χ0n) is 11.6. The Hall–Kier alpha value is -2.27. The lowest BCUT2D eigenvalue weighted by Gasteiger charge is -2.17. The van der Waals surface area contributed by atoms with Crippen LogP contribution in [0, 0.1) is 0 Å². The van der Waals surface area contributed by atoms with Gasteiger partial charge in [0.1, 0.15) is 11.5 Å². The van der Waals surface area contributed by atoms with Gasteiger partial charge in [-0.05, 0) is 12.1 Å². The van der Waals surface area contributed by atoms with E-state index in [2.05, 4.69) is 0 Å². The Labute approximate surface area is 117 Å². The number of hydrogen-bond donors (Lipinski definition) is 1. The van der Waals surface area contributed by atoms with Crippen molar-refractivity contribution in [2.45, 2.75) is 12.6 Å². The normalized spacial score (nSPS) is 11.9. The molecule has 106 valence electrons. The van der Waals surface area contributed by atoms with E-state index in [9.17, 15) is 4.79 Å². The Kier molecular flexibility index (Phi) is 4.42. The molecule has 1 aromatic heterocycles. The van der Waals surface area contributed by atoms with Crippen LogP contribution in [0.15, 0.2) is 47.4 Å². The molecule has 0 aliphatic heterocycles. The topological polar surface area (TPSA) is 66.5 Å². The van der Waals surface area contributed by atoms with E-state index in [1.54, 1.807) is 43.2 Å². The third kappa shape index (κ3) is 3.00.